The van der Waals surface area contributed by atoms with Gasteiger partial charge in [-0.1, -0.05) is 0 Å². The third-order valence-electron chi connectivity index (χ3n) is 0.990. The van der Waals surface area contributed by atoms with E-state index < -0.39 is 0 Å². The lowest BCUT2D eigenvalue weighted by Gasteiger charge is -1.93. The van der Waals surface area contributed by atoms with Gasteiger partial charge in [-0.25, -0.2) is 0 Å². The first-order valence-electron chi connectivity index (χ1n) is 2.54. The second-order valence-corrected chi connectivity index (χ2v) is 2.72. The highest BCUT2D eigenvalue weighted by Crippen LogP contribution is 2.17. The second kappa shape index (κ2) is 2.01. The van der Waals surface area contributed by atoms with Gasteiger partial charge < -0.3 is 4.74 Å². The fourth-order valence-corrected chi connectivity index (χ4v) is 0.765. The van der Waals surface area contributed by atoms with Gasteiger partial charge in [0.05, 0.1) is 12.7 Å². The molecular formula is C5H9ClO. The molecule has 1 aliphatic heterocycles. The highest BCUT2D eigenvalue weighted by atomic mass is 35.5. The molecule has 1 heterocycles. The Bertz CT molecular complexity index is 59.1. The molecule has 0 bridgehead atoms. The number of epoxide rings is 1. The van der Waals surface area contributed by atoms with Crippen LogP contribution in [0.5, 0.6) is 0 Å². The Balaban J connectivity index is 1.97. The molecule has 0 aromatic carbocycles. The quantitative estimate of drug-likeness (QED) is 0.397. The van der Waals surface area contributed by atoms with Crippen LogP contribution in [0.15, 0.2) is 0 Å². The van der Waals surface area contributed by atoms with Crippen LogP contribution in [0, 0.1) is 0 Å². The van der Waals surface area contributed by atoms with Crippen LogP contribution in [-0.2, 0) is 4.74 Å². The number of hydrogen-bond donors (Lipinski definition) is 0. The van der Waals surface area contributed by atoms with Crippen molar-refractivity contribution in [2.24, 2.45) is 0 Å². The molecule has 0 saturated carbocycles. The van der Waals surface area contributed by atoms with E-state index in [9.17, 15) is 0 Å². The lowest BCUT2D eigenvalue weighted by molar-refractivity contribution is 0.396. The summed E-state index contributed by atoms with van der Waals surface area (Å²) in [5, 5.41) is 0.285. The van der Waals surface area contributed by atoms with Gasteiger partial charge in [-0.2, -0.15) is 0 Å². The Morgan fingerprint density at radius 2 is 2.57 bits per heavy atom. The van der Waals surface area contributed by atoms with Gasteiger partial charge in [-0.3, -0.25) is 0 Å². The van der Waals surface area contributed by atoms with Crippen molar-refractivity contribution in [3.8, 4) is 0 Å². The molecule has 1 saturated heterocycles. The van der Waals surface area contributed by atoms with Crippen LogP contribution in [0.2, 0.25) is 0 Å². The lowest BCUT2D eigenvalue weighted by Crippen LogP contribution is -1.95. The molecule has 1 fully saturated rings. The van der Waals surface area contributed by atoms with E-state index in [1.807, 2.05) is 6.92 Å². The van der Waals surface area contributed by atoms with Gasteiger partial charge in [0, 0.05) is 5.38 Å². The molecule has 42 valence electrons. The van der Waals surface area contributed by atoms with Crippen molar-refractivity contribution in [3.63, 3.8) is 0 Å². The molecule has 0 spiro atoms. The molecule has 7 heavy (non-hydrogen) atoms. The summed E-state index contributed by atoms with van der Waals surface area (Å²) in [5.74, 6) is 0. The van der Waals surface area contributed by atoms with Gasteiger partial charge in [0.25, 0.3) is 0 Å². The average molecular weight is 121 g/mol. The number of halogens is 1. The highest BCUT2D eigenvalue weighted by molar-refractivity contribution is 6.20. The van der Waals surface area contributed by atoms with E-state index in [-0.39, 0.29) is 5.38 Å². The van der Waals surface area contributed by atoms with Gasteiger partial charge in [0.1, 0.15) is 0 Å². The minimum absolute atomic E-state index is 0.285. The number of ether oxygens (including phenoxy) is 1. The molecule has 0 aliphatic carbocycles. The van der Waals surface area contributed by atoms with E-state index in [0.29, 0.717) is 6.10 Å². The van der Waals surface area contributed by atoms with Crippen LogP contribution in [0.25, 0.3) is 0 Å². The Labute approximate surface area is 48.6 Å². The van der Waals surface area contributed by atoms with Crippen LogP contribution in [0.1, 0.15) is 13.3 Å². The van der Waals surface area contributed by atoms with Gasteiger partial charge in [0.2, 0.25) is 0 Å². The lowest BCUT2D eigenvalue weighted by atomic mass is 10.3. The summed E-state index contributed by atoms with van der Waals surface area (Å²) in [7, 11) is 0. The van der Waals surface area contributed by atoms with E-state index in [4.69, 9.17) is 16.3 Å². The monoisotopic (exact) mass is 120 g/mol. The molecule has 1 rings (SSSR count). The minimum Gasteiger partial charge on any atom is -0.373 e. The molecule has 2 atom stereocenters. The summed E-state index contributed by atoms with van der Waals surface area (Å²) >= 11 is 5.63. The standard InChI is InChI=1S/C5H9ClO/c1-4(6)2-5-3-7-5/h4-5H,2-3H2,1H3. The predicted octanol–water partition coefficient (Wildman–Crippen LogP) is 1.40. The predicted molar refractivity (Wildman–Crippen MR) is 29.7 cm³/mol. The van der Waals surface area contributed by atoms with E-state index in [1.54, 1.807) is 0 Å². The van der Waals surface area contributed by atoms with E-state index in [2.05, 4.69) is 0 Å². The molecule has 2 heteroatoms. The first-order chi connectivity index (χ1) is 3.29. The van der Waals surface area contributed by atoms with Crippen LogP contribution in [0.4, 0.5) is 0 Å². The van der Waals surface area contributed by atoms with Crippen molar-refractivity contribution in [3.05, 3.63) is 0 Å². The smallest absolute Gasteiger partial charge is 0.0823 e. The maximum absolute atomic E-state index is 5.63. The number of alkyl halides is 1. The molecule has 0 N–H and O–H groups in total. The van der Waals surface area contributed by atoms with Crippen LogP contribution >= 0.6 is 11.6 Å². The van der Waals surface area contributed by atoms with Crippen molar-refractivity contribution in [2.75, 3.05) is 6.61 Å². The fourth-order valence-electron chi connectivity index (χ4n) is 0.566. The van der Waals surface area contributed by atoms with Crippen molar-refractivity contribution < 1.29 is 4.74 Å². The van der Waals surface area contributed by atoms with Crippen molar-refractivity contribution >= 4 is 11.6 Å². The van der Waals surface area contributed by atoms with Gasteiger partial charge >= 0.3 is 0 Å². The van der Waals surface area contributed by atoms with Crippen molar-refractivity contribution in [1.82, 2.24) is 0 Å². The first-order valence-corrected chi connectivity index (χ1v) is 2.98. The largest absolute Gasteiger partial charge is 0.373 e. The van der Waals surface area contributed by atoms with Gasteiger partial charge in [-0.05, 0) is 13.3 Å². The SMILES string of the molecule is CC(Cl)CC1CO1. The molecule has 0 radical (unpaired) electrons. The Morgan fingerprint density at radius 3 is 2.71 bits per heavy atom. The third-order valence-corrected chi connectivity index (χ3v) is 1.17. The molecule has 0 aromatic heterocycles. The summed E-state index contributed by atoms with van der Waals surface area (Å²) in [6, 6.07) is 0. The average Bonchev–Trinajstić information content (AvgIpc) is 2.17. The van der Waals surface area contributed by atoms with Crippen LogP contribution < -0.4 is 0 Å². The summed E-state index contributed by atoms with van der Waals surface area (Å²) in [6.45, 7) is 2.92. The molecular weight excluding hydrogens is 112 g/mol. The second-order valence-electron chi connectivity index (χ2n) is 1.97. The summed E-state index contributed by atoms with van der Waals surface area (Å²) in [4.78, 5) is 0. The fraction of sp³-hybridized carbons (Fsp3) is 1.00. The zero-order chi connectivity index (χ0) is 5.28. The first kappa shape index (κ1) is 5.39. The normalized spacial score (nSPS) is 32.6. The summed E-state index contributed by atoms with van der Waals surface area (Å²) in [5.41, 5.74) is 0. The van der Waals surface area contributed by atoms with Gasteiger partial charge in [0.15, 0.2) is 0 Å². The zero-order valence-corrected chi connectivity index (χ0v) is 5.11. The maximum atomic E-state index is 5.63. The Morgan fingerprint density at radius 1 is 2.00 bits per heavy atom. The van der Waals surface area contributed by atoms with E-state index >= 15 is 0 Å². The van der Waals surface area contributed by atoms with Gasteiger partial charge in [-0.15, -0.1) is 11.6 Å². The molecule has 1 nitrogen and oxygen atoms in total. The van der Waals surface area contributed by atoms with Crippen LogP contribution in [0.3, 0.4) is 0 Å². The molecule has 0 amide bonds. The van der Waals surface area contributed by atoms with E-state index in [0.717, 1.165) is 13.0 Å². The zero-order valence-electron chi connectivity index (χ0n) is 4.36. The Hall–Kier alpha value is 0.250. The maximum Gasteiger partial charge on any atom is 0.0823 e. The number of rotatable bonds is 2. The highest BCUT2D eigenvalue weighted by Gasteiger charge is 2.23. The summed E-state index contributed by atoms with van der Waals surface area (Å²) in [6.07, 6.45) is 1.51. The minimum atomic E-state index is 0.285. The van der Waals surface area contributed by atoms with Crippen LogP contribution in [-0.4, -0.2) is 18.1 Å². The third kappa shape index (κ3) is 2.15. The molecule has 0 aromatic rings. The molecule has 2 unspecified atom stereocenters. The summed E-state index contributed by atoms with van der Waals surface area (Å²) < 4.78 is 4.93. The van der Waals surface area contributed by atoms with E-state index in [1.165, 1.54) is 0 Å². The van der Waals surface area contributed by atoms with Crippen molar-refractivity contribution in [2.45, 2.75) is 24.8 Å². The van der Waals surface area contributed by atoms with Crippen molar-refractivity contribution in [1.29, 1.82) is 0 Å². The molecule has 1 aliphatic rings. The number of hydrogen-bond acceptors (Lipinski definition) is 1. The topological polar surface area (TPSA) is 12.5 Å². The Kier molecular flexibility index (Phi) is 1.55.